The van der Waals surface area contributed by atoms with E-state index in [-0.39, 0.29) is 6.42 Å². The Morgan fingerprint density at radius 2 is 2.00 bits per heavy atom. The highest BCUT2D eigenvalue weighted by molar-refractivity contribution is 4.43. The van der Waals surface area contributed by atoms with Crippen LogP contribution in [0.5, 0.6) is 0 Å². The summed E-state index contributed by atoms with van der Waals surface area (Å²) < 4.78 is 22.3. The SMILES string of the molecule is CCCC([O])(F)F. The van der Waals surface area contributed by atoms with Crippen molar-refractivity contribution >= 4 is 0 Å². The first kappa shape index (κ1) is 6.82. The Labute approximate surface area is 41.0 Å². The van der Waals surface area contributed by atoms with Gasteiger partial charge in [-0.2, -0.15) is 13.9 Å². The fourth-order valence-electron chi connectivity index (χ4n) is 0.291. The van der Waals surface area contributed by atoms with E-state index in [4.69, 9.17) is 0 Å². The predicted molar refractivity (Wildman–Crippen MR) is 20.5 cm³/mol. The van der Waals surface area contributed by atoms with Crippen LogP contribution in [0.2, 0.25) is 0 Å². The van der Waals surface area contributed by atoms with E-state index in [0.717, 1.165) is 0 Å². The average molecular weight is 109 g/mol. The second-order valence-corrected chi connectivity index (χ2v) is 1.39. The Balaban J connectivity index is 3.15. The van der Waals surface area contributed by atoms with Crippen LogP contribution in [-0.2, 0) is 5.11 Å². The summed E-state index contributed by atoms with van der Waals surface area (Å²) >= 11 is 0. The van der Waals surface area contributed by atoms with Crippen LogP contribution in [0.3, 0.4) is 0 Å². The molecule has 0 N–H and O–H groups in total. The van der Waals surface area contributed by atoms with Gasteiger partial charge in [-0.1, -0.05) is 6.92 Å². The smallest absolute Gasteiger partial charge is 0.173 e. The van der Waals surface area contributed by atoms with E-state index in [1.165, 1.54) is 0 Å². The fourth-order valence-corrected chi connectivity index (χ4v) is 0.291. The summed E-state index contributed by atoms with van der Waals surface area (Å²) in [5, 5.41) is 9.37. The van der Waals surface area contributed by atoms with Crippen LogP contribution in [0.4, 0.5) is 8.78 Å². The summed E-state index contributed by atoms with van der Waals surface area (Å²) in [4.78, 5) is 0. The van der Waals surface area contributed by atoms with Crippen molar-refractivity contribution in [2.75, 3.05) is 0 Å². The molecule has 0 aromatic carbocycles. The molecule has 0 rings (SSSR count). The van der Waals surface area contributed by atoms with Gasteiger partial charge in [-0.05, 0) is 6.42 Å². The molecule has 0 aromatic rings. The standard InChI is InChI=1S/C4H7F2O/c1-2-3-4(5,6)7/h2-3H2,1H3. The molecular weight excluding hydrogens is 102 g/mol. The lowest BCUT2D eigenvalue weighted by atomic mass is 10.3. The first-order valence-corrected chi connectivity index (χ1v) is 2.14. The van der Waals surface area contributed by atoms with Crippen LogP contribution in [0.1, 0.15) is 19.8 Å². The molecular formula is C4H7F2O. The number of halogens is 2. The minimum Gasteiger partial charge on any atom is -0.173 e. The highest BCUT2D eigenvalue weighted by Gasteiger charge is 2.24. The molecule has 0 saturated heterocycles. The third-order valence-corrected chi connectivity index (χ3v) is 0.541. The number of hydrogen-bond donors (Lipinski definition) is 0. The molecule has 3 heteroatoms. The van der Waals surface area contributed by atoms with Crippen molar-refractivity contribution in [2.24, 2.45) is 0 Å². The van der Waals surface area contributed by atoms with Crippen molar-refractivity contribution in [1.82, 2.24) is 0 Å². The maximum Gasteiger partial charge on any atom is 0.381 e. The summed E-state index contributed by atoms with van der Waals surface area (Å²) in [5.41, 5.74) is 0. The molecule has 1 nitrogen and oxygen atoms in total. The van der Waals surface area contributed by atoms with Crippen molar-refractivity contribution in [3.63, 3.8) is 0 Å². The molecule has 0 aromatic heterocycles. The maximum absolute atomic E-state index is 11.2. The van der Waals surface area contributed by atoms with Gasteiger partial charge in [-0.3, -0.25) is 0 Å². The zero-order valence-corrected chi connectivity index (χ0v) is 4.08. The normalized spacial score (nSPS) is 12.0. The van der Waals surface area contributed by atoms with Gasteiger partial charge in [0.15, 0.2) is 0 Å². The van der Waals surface area contributed by atoms with E-state index in [0.29, 0.717) is 0 Å². The average Bonchev–Trinajstić information content (AvgIpc) is 1.30. The first-order chi connectivity index (χ1) is 3.06. The molecule has 0 aliphatic heterocycles. The van der Waals surface area contributed by atoms with Crippen molar-refractivity contribution in [3.8, 4) is 0 Å². The molecule has 7 heavy (non-hydrogen) atoms. The van der Waals surface area contributed by atoms with Crippen molar-refractivity contribution in [1.29, 1.82) is 0 Å². The molecule has 0 atom stereocenters. The Morgan fingerprint density at radius 1 is 1.57 bits per heavy atom. The zero-order chi connectivity index (χ0) is 5.91. The molecule has 0 aliphatic carbocycles. The minimum atomic E-state index is -3.70. The van der Waals surface area contributed by atoms with Gasteiger partial charge in [0.05, 0.1) is 0 Å². The molecule has 0 bridgehead atoms. The van der Waals surface area contributed by atoms with Crippen LogP contribution >= 0.6 is 0 Å². The third-order valence-electron chi connectivity index (χ3n) is 0.541. The summed E-state index contributed by atoms with van der Waals surface area (Å²) in [5.74, 6) is 0. The molecule has 0 saturated carbocycles. The molecule has 43 valence electrons. The molecule has 0 unspecified atom stereocenters. The summed E-state index contributed by atoms with van der Waals surface area (Å²) in [6, 6.07) is 0. The Hall–Kier alpha value is -0.180. The number of rotatable bonds is 2. The summed E-state index contributed by atoms with van der Waals surface area (Å²) in [6.07, 6.45) is -4.00. The zero-order valence-electron chi connectivity index (χ0n) is 4.08. The number of hydrogen-bond acceptors (Lipinski definition) is 0. The van der Waals surface area contributed by atoms with Gasteiger partial charge in [0.1, 0.15) is 0 Å². The van der Waals surface area contributed by atoms with Gasteiger partial charge in [0, 0.05) is 6.42 Å². The van der Waals surface area contributed by atoms with Crippen molar-refractivity contribution in [2.45, 2.75) is 25.9 Å². The third kappa shape index (κ3) is 5.82. The van der Waals surface area contributed by atoms with Crippen molar-refractivity contribution in [3.05, 3.63) is 0 Å². The van der Waals surface area contributed by atoms with E-state index >= 15 is 0 Å². The lowest BCUT2D eigenvalue weighted by molar-refractivity contribution is -0.245. The largest absolute Gasteiger partial charge is 0.381 e. The van der Waals surface area contributed by atoms with Gasteiger partial charge in [-0.25, -0.2) is 0 Å². The lowest BCUT2D eigenvalue weighted by Gasteiger charge is -2.00. The van der Waals surface area contributed by atoms with E-state index in [1.807, 2.05) is 0 Å². The van der Waals surface area contributed by atoms with E-state index < -0.39 is 12.5 Å². The monoisotopic (exact) mass is 109 g/mol. The van der Waals surface area contributed by atoms with Crippen LogP contribution in [0, 0.1) is 0 Å². The highest BCUT2D eigenvalue weighted by Crippen LogP contribution is 2.15. The van der Waals surface area contributed by atoms with Gasteiger partial charge in [-0.15, -0.1) is 0 Å². The minimum absolute atomic E-state index is 0.247. The van der Waals surface area contributed by atoms with E-state index in [9.17, 15) is 13.9 Å². The highest BCUT2D eigenvalue weighted by atomic mass is 19.3. The second-order valence-electron chi connectivity index (χ2n) is 1.39. The molecule has 0 spiro atoms. The van der Waals surface area contributed by atoms with Crippen LogP contribution in [0.15, 0.2) is 0 Å². The molecule has 0 amide bonds. The summed E-state index contributed by atoms with van der Waals surface area (Å²) in [7, 11) is 0. The number of alkyl halides is 2. The molecule has 0 aliphatic rings. The van der Waals surface area contributed by atoms with Crippen molar-refractivity contribution < 1.29 is 13.9 Å². The Kier molecular flexibility index (Phi) is 2.15. The lowest BCUT2D eigenvalue weighted by Crippen LogP contribution is -2.10. The van der Waals surface area contributed by atoms with Crippen LogP contribution in [-0.4, -0.2) is 6.11 Å². The Morgan fingerprint density at radius 3 is 2.00 bits per heavy atom. The topological polar surface area (TPSA) is 19.9 Å². The Bertz CT molecular complexity index is 48.1. The fraction of sp³-hybridized carbons (Fsp3) is 1.00. The molecule has 0 fully saturated rings. The first-order valence-electron chi connectivity index (χ1n) is 2.14. The second kappa shape index (κ2) is 2.21. The molecule has 1 radical (unpaired) electrons. The van der Waals surface area contributed by atoms with Gasteiger partial charge < -0.3 is 0 Å². The van der Waals surface area contributed by atoms with Gasteiger partial charge >= 0.3 is 6.11 Å². The van der Waals surface area contributed by atoms with Crippen LogP contribution < -0.4 is 0 Å². The van der Waals surface area contributed by atoms with E-state index in [1.54, 1.807) is 6.92 Å². The predicted octanol–water partition coefficient (Wildman–Crippen LogP) is 1.81. The van der Waals surface area contributed by atoms with Crippen LogP contribution in [0.25, 0.3) is 0 Å². The van der Waals surface area contributed by atoms with E-state index in [2.05, 4.69) is 0 Å². The maximum atomic E-state index is 11.2. The van der Waals surface area contributed by atoms with Gasteiger partial charge in [0.25, 0.3) is 0 Å². The molecule has 0 heterocycles. The van der Waals surface area contributed by atoms with Gasteiger partial charge in [0.2, 0.25) is 0 Å². The summed E-state index contributed by atoms with van der Waals surface area (Å²) in [6.45, 7) is 1.55. The quantitative estimate of drug-likeness (QED) is 0.515.